The Morgan fingerprint density at radius 2 is 1.29 bits per heavy atom. The van der Waals surface area contributed by atoms with E-state index in [-0.39, 0.29) is 31.4 Å². The number of benzene rings is 1. The standard InChI is InChI=1S/C25H38Cl2O4/c1-2-3-4-5-6-7-8-9-10-11-12-18-30-24(28)14-13-15-25(29)31-20-21-16-17-22(26)19-23(21)27/h16-17,19H,2-15,18,20H2,1H3. The lowest BCUT2D eigenvalue weighted by molar-refractivity contribution is -0.146. The third-order valence-corrected chi connectivity index (χ3v) is 5.76. The summed E-state index contributed by atoms with van der Waals surface area (Å²) < 4.78 is 10.4. The SMILES string of the molecule is CCCCCCCCCCCCCOC(=O)CCCC(=O)OCc1ccc(Cl)cc1Cl. The largest absolute Gasteiger partial charge is 0.466 e. The second-order valence-corrected chi connectivity index (χ2v) is 8.85. The molecule has 0 spiro atoms. The number of ether oxygens (including phenoxy) is 2. The van der Waals surface area contributed by atoms with Gasteiger partial charge in [0.25, 0.3) is 0 Å². The van der Waals surface area contributed by atoms with Crippen LogP contribution in [0.25, 0.3) is 0 Å². The highest BCUT2D eigenvalue weighted by molar-refractivity contribution is 6.35. The van der Waals surface area contributed by atoms with E-state index in [0.717, 1.165) is 12.8 Å². The van der Waals surface area contributed by atoms with Crippen molar-refractivity contribution in [3.05, 3.63) is 33.8 Å². The van der Waals surface area contributed by atoms with E-state index in [2.05, 4.69) is 6.92 Å². The summed E-state index contributed by atoms with van der Waals surface area (Å²) in [4.78, 5) is 23.6. The van der Waals surface area contributed by atoms with Gasteiger partial charge in [0.15, 0.2) is 0 Å². The topological polar surface area (TPSA) is 52.6 Å². The molecule has 4 nitrogen and oxygen atoms in total. The number of halogens is 2. The molecule has 0 heterocycles. The summed E-state index contributed by atoms with van der Waals surface area (Å²) in [6.45, 7) is 2.81. The lowest BCUT2D eigenvalue weighted by Crippen LogP contribution is -2.09. The first-order chi connectivity index (χ1) is 15.0. The summed E-state index contributed by atoms with van der Waals surface area (Å²) in [5.74, 6) is -0.607. The average Bonchev–Trinajstić information content (AvgIpc) is 2.74. The minimum absolute atomic E-state index is 0.0954. The van der Waals surface area contributed by atoms with Crippen molar-refractivity contribution >= 4 is 35.1 Å². The molecule has 1 aromatic rings. The van der Waals surface area contributed by atoms with Gasteiger partial charge in [-0.2, -0.15) is 0 Å². The molecule has 176 valence electrons. The van der Waals surface area contributed by atoms with Gasteiger partial charge in [-0.05, 0) is 25.0 Å². The molecule has 0 aliphatic rings. The summed E-state index contributed by atoms with van der Waals surface area (Å²) in [5.41, 5.74) is 0.700. The Morgan fingerprint density at radius 3 is 1.87 bits per heavy atom. The monoisotopic (exact) mass is 472 g/mol. The molecule has 1 aromatic carbocycles. The van der Waals surface area contributed by atoms with Crippen molar-refractivity contribution in [3.63, 3.8) is 0 Å². The molecule has 0 aliphatic heterocycles. The minimum Gasteiger partial charge on any atom is -0.466 e. The third kappa shape index (κ3) is 15.2. The molecule has 0 aliphatic carbocycles. The molecule has 31 heavy (non-hydrogen) atoms. The van der Waals surface area contributed by atoms with Crippen LogP contribution < -0.4 is 0 Å². The molecule has 0 fully saturated rings. The fraction of sp³-hybridized carbons (Fsp3) is 0.680. The number of esters is 2. The Morgan fingerprint density at radius 1 is 0.742 bits per heavy atom. The molecule has 0 aromatic heterocycles. The maximum absolute atomic E-state index is 11.8. The van der Waals surface area contributed by atoms with Crippen molar-refractivity contribution in [2.75, 3.05) is 6.61 Å². The molecule has 1 rings (SSSR count). The van der Waals surface area contributed by atoms with Gasteiger partial charge in [0, 0.05) is 28.5 Å². The van der Waals surface area contributed by atoms with Crippen molar-refractivity contribution in [1.82, 2.24) is 0 Å². The van der Waals surface area contributed by atoms with Gasteiger partial charge in [-0.1, -0.05) is 100 Å². The van der Waals surface area contributed by atoms with Crippen molar-refractivity contribution in [2.24, 2.45) is 0 Å². The lowest BCUT2D eigenvalue weighted by atomic mass is 10.1. The first-order valence-electron chi connectivity index (χ1n) is 11.8. The van der Waals surface area contributed by atoms with Crippen molar-refractivity contribution in [1.29, 1.82) is 0 Å². The number of rotatable bonds is 18. The van der Waals surface area contributed by atoms with Crippen LogP contribution in [0, 0.1) is 0 Å². The summed E-state index contributed by atoms with van der Waals surface area (Å²) >= 11 is 11.9. The van der Waals surface area contributed by atoms with Crippen molar-refractivity contribution < 1.29 is 19.1 Å². The van der Waals surface area contributed by atoms with E-state index in [1.165, 1.54) is 57.8 Å². The highest BCUT2D eigenvalue weighted by Crippen LogP contribution is 2.21. The number of carbonyl (C=O) groups excluding carboxylic acids is 2. The van der Waals surface area contributed by atoms with Gasteiger partial charge < -0.3 is 9.47 Å². The molecule has 0 N–H and O–H groups in total. The smallest absolute Gasteiger partial charge is 0.306 e. The van der Waals surface area contributed by atoms with Crippen LogP contribution in [0.2, 0.25) is 10.0 Å². The van der Waals surface area contributed by atoms with Crippen molar-refractivity contribution in [2.45, 2.75) is 103 Å². The Balaban J connectivity index is 1.92. The summed E-state index contributed by atoms with van der Waals surface area (Å²) in [6, 6.07) is 5.03. The minimum atomic E-state index is -0.357. The quantitative estimate of drug-likeness (QED) is 0.160. The van der Waals surface area contributed by atoms with Gasteiger partial charge in [-0.25, -0.2) is 0 Å². The zero-order valence-corrected chi connectivity index (χ0v) is 20.4. The number of hydrogen-bond acceptors (Lipinski definition) is 4. The molecular weight excluding hydrogens is 435 g/mol. The van der Waals surface area contributed by atoms with Crippen LogP contribution >= 0.6 is 23.2 Å². The predicted molar refractivity (Wildman–Crippen MR) is 128 cm³/mol. The third-order valence-electron chi connectivity index (χ3n) is 5.18. The van der Waals surface area contributed by atoms with Gasteiger partial charge in [0.05, 0.1) is 6.61 Å². The van der Waals surface area contributed by atoms with E-state index in [0.29, 0.717) is 28.6 Å². The Hall–Kier alpha value is -1.26. The molecule has 0 radical (unpaired) electrons. The zero-order chi connectivity index (χ0) is 22.7. The van der Waals surface area contributed by atoms with Gasteiger partial charge in [-0.3, -0.25) is 9.59 Å². The molecular formula is C25H38Cl2O4. The Labute approximate surface area is 198 Å². The molecule has 0 amide bonds. The van der Waals surface area contributed by atoms with Gasteiger partial charge in [0.1, 0.15) is 6.61 Å². The van der Waals surface area contributed by atoms with Crippen LogP contribution in [0.5, 0.6) is 0 Å². The maximum atomic E-state index is 11.8. The second-order valence-electron chi connectivity index (χ2n) is 8.01. The van der Waals surface area contributed by atoms with E-state index in [1.54, 1.807) is 18.2 Å². The Kier molecular flexibility index (Phi) is 16.4. The van der Waals surface area contributed by atoms with E-state index in [1.807, 2.05) is 0 Å². The first-order valence-corrected chi connectivity index (χ1v) is 12.5. The second kappa shape index (κ2) is 18.3. The van der Waals surface area contributed by atoms with Crippen LogP contribution in [0.15, 0.2) is 18.2 Å². The number of hydrogen-bond donors (Lipinski definition) is 0. The molecule has 0 atom stereocenters. The summed E-state index contributed by atoms with van der Waals surface area (Å²) in [7, 11) is 0. The van der Waals surface area contributed by atoms with Crippen LogP contribution in [0.4, 0.5) is 0 Å². The average molecular weight is 473 g/mol. The molecule has 0 saturated heterocycles. The highest BCUT2D eigenvalue weighted by Gasteiger charge is 2.09. The van der Waals surface area contributed by atoms with Crippen molar-refractivity contribution in [3.8, 4) is 0 Å². The van der Waals surface area contributed by atoms with Gasteiger partial charge in [-0.15, -0.1) is 0 Å². The zero-order valence-electron chi connectivity index (χ0n) is 18.9. The lowest BCUT2D eigenvalue weighted by Gasteiger charge is -2.07. The first kappa shape index (κ1) is 27.8. The number of unbranched alkanes of at least 4 members (excludes halogenated alkanes) is 10. The maximum Gasteiger partial charge on any atom is 0.306 e. The van der Waals surface area contributed by atoms with Crippen LogP contribution in [0.1, 0.15) is 102 Å². The summed E-state index contributed by atoms with van der Waals surface area (Å²) in [5, 5.41) is 0.998. The van der Waals surface area contributed by atoms with E-state index in [9.17, 15) is 9.59 Å². The van der Waals surface area contributed by atoms with Crippen LogP contribution in [0.3, 0.4) is 0 Å². The predicted octanol–water partition coefficient (Wildman–Crippen LogP) is 8.06. The van der Waals surface area contributed by atoms with E-state index >= 15 is 0 Å². The fourth-order valence-corrected chi connectivity index (χ4v) is 3.73. The fourth-order valence-electron chi connectivity index (χ4n) is 3.27. The normalized spacial score (nSPS) is 10.8. The molecule has 0 bridgehead atoms. The highest BCUT2D eigenvalue weighted by atomic mass is 35.5. The molecule has 6 heteroatoms. The van der Waals surface area contributed by atoms with E-state index < -0.39 is 0 Å². The van der Waals surface area contributed by atoms with Crippen LogP contribution in [-0.4, -0.2) is 18.5 Å². The molecule has 0 saturated carbocycles. The van der Waals surface area contributed by atoms with Gasteiger partial charge in [0.2, 0.25) is 0 Å². The van der Waals surface area contributed by atoms with E-state index in [4.69, 9.17) is 32.7 Å². The Bertz CT molecular complexity index is 634. The van der Waals surface area contributed by atoms with Crippen LogP contribution in [-0.2, 0) is 25.7 Å². The summed E-state index contributed by atoms with van der Waals surface area (Å²) in [6.07, 6.45) is 14.7. The number of carbonyl (C=O) groups is 2. The molecule has 0 unspecified atom stereocenters. The van der Waals surface area contributed by atoms with Gasteiger partial charge >= 0.3 is 11.9 Å².